The fraction of sp³-hybridized carbons (Fsp3) is 0. The third-order valence-corrected chi connectivity index (χ3v) is 2.68. The summed E-state index contributed by atoms with van der Waals surface area (Å²) >= 11 is 0. The molecule has 0 amide bonds. The summed E-state index contributed by atoms with van der Waals surface area (Å²) in [5.41, 5.74) is -4.35. The predicted molar refractivity (Wildman–Crippen MR) is 51.6 cm³/mol. The van der Waals surface area contributed by atoms with Crippen LogP contribution >= 0.6 is 0 Å². The molecule has 117 valence electrons. The van der Waals surface area contributed by atoms with Crippen molar-refractivity contribution in [1.29, 1.82) is 0 Å². The van der Waals surface area contributed by atoms with Gasteiger partial charge in [-0.3, -0.25) is 5.11 Å². The van der Waals surface area contributed by atoms with Crippen LogP contribution < -0.4 is 0 Å². The Hall–Kier alpha value is -2.39. The Morgan fingerprint density at radius 3 is 1.05 bits per heavy atom. The zero-order valence-corrected chi connectivity index (χ0v) is 9.81. The highest BCUT2D eigenvalue weighted by atomic mass is 19.2. The van der Waals surface area contributed by atoms with Gasteiger partial charge in [0.25, 0.3) is 0 Å². The van der Waals surface area contributed by atoms with E-state index in [1.54, 1.807) is 0 Å². The van der Waals surface area contributed by atoms with Gasteiger partial charge in [-0.15, -0.1) is 0 Å². The number of halogens is 9. The van der Waals surface area contributed by atoms with Crippen LogP contribution in [0, 0.1) is 52.4 Å². The third kappa shape index (κ3) is 1.97. The molecule has 2 rings (SSSR count). The van der Waals surface area contributed by atoms with Gasteiger partial charge in [0.15, 0.2) is 34.9 Å². The molecule has 0 fully saturated rings. The Morgan fingerprint density at radius 2 is 0.636 bits per heavy atom. The molecule has 0 heterocycles. The Labute approximate surface area is 115 Å². The van der Waals surface area contributed by atoms with E-state index >= 15 is 0 Å². The standard InChI is InChI=1S/C12F9O/c13-3-1(4(14)7(17)9(19)6(3)16)2-5(15)8(18)10(20)11(21)12(2)22. The Bertz CT molecular complexity index is 675. The molecule has 0 unspecified atom stereocenters. The van der Waals surface area contributed by atoms with Crippen molar-refractivity contribution in [3.63, 3.8) is 0 Å². The molecule has 0 aliphatic carbocycles. The van der Waals surface area contributed by atoms with Gasteiger partial charge in [0.2, 0.25) is 23.2 Å². The predicted octanol–water partition coefficient (Wildman–Crippen LogP) is 4.75. The van der Waals surface area contributed by atoms with E-state index in [9.17, 15) is 44.6 Å². The van der Waals surface area contributed by atoms with Crippen LogP contribution in [0.5, 0.6) is 5.75 Å². The molecule has 0 bridgehead atoms. The minimum atomic E-state index is -2.65. The van der Waals surface area contributed by atoms with Crippen molar-refractivity contribution in [2.45, 2.75) is 0 Å². The van der Waals surface area contributed by atoms with Crippen LogP contribution in [0.1, 0.15) is 0 Å². The average molecular weight is 331 g/mol. The molecule has 1 nitrogen and oxygen atoms in total. The Balaban J connectivity index is 3.03. The van der Waals surface area contributed by atoms with Crippen molar-refractivity contribution in [3.8, 4) is 16.9 Å². The smallest absolute Gasteiger partial charge is 0.228 e. The Kier molecular flexibility index (Phi) is 3.71. The molecule has 22 heavy (non-hydrogen) atoms. The van der Waals surface area contributed by atoms with Gasteiger partial charge in [-0.2, -0.15) is 4.39 Å². The molecule has 0 saturated heterocycles. The molecule has 10 heteroatoms. The van der Waals surface area contributed by atoms with Crippen molar-refractivity contribution < 1.29 is 44.6 Å². The highest BCUT2D eigenvalue weighted by molar-refractivity contribution is 5.72. The maximum Gasteiger partial charge on any atom is 0.228 e. The highest BCUT2D eigenvalue weighted by Crippen LogP contribution is 2.41. The summed E-state index contributed by atoms with van der Waals surface area (Å²) in [5, 5.41) is 11.3. The monoisotopic (exact) mass is 331 g/mol. The summed E-state index contributed by atoms with van der Waals surface area (Å²) in [6.07, 6.45) is 0. The second-order valence-corrected chi connectivity index (χ2v) is 3.90. The van der Waals surface area contributed by atoms with E-state index in [4.69, 9.17) is 0 Å². The topological polar surface area (TPSA) is 19.9 Å². The van der Waals surface area contributed by atoms with Crippen molar-refractivity contribution in [3.05, 3.63) is 52.4 Å². The van der Waals surface area contributed by atoms with Crippen LogP contribution in [0.25, 0.3) is 11.1 Å². The van der Waals surface area contributed by atoms with Crippen LogP contribution in [0.15, 0.2) is 0 Å². The zero-order chi connectivity index (χ0) is 16.9. The quantitative estimate of drug-likeness (QED) is 0.408. The van der Waals surface area contributed by atoms with Crippen LogP contribution in [0.4, 0.5) is 39.5 Å². The molecular formula is C12F9O. The first kappa shape index (κ1) is 16.0. The first-order valence-corrected chi connectivity index (χ1v) is 5.15. The van der Waals surface area contributed by atoms with Gasteiger partial charge >= 0.3 is 0 Å². The van der Waals surface area contributed by atoms with E-state index < -0.39 is 69.2 Å². The first-order chi connectivity index (χ1) is 10.1. The maximum atomic E-state index is 13.5. The molecular weight excluding hydrogens is 331 g/mol. The largest absolute Gasteiger partial charge is 0.286 e. The average Bonchev–Trinajstić information content (AvgIpc) is 2.50. The number of benzene rings is 2. The van der Waals surface area contributed by atoms with Crippen molar-refractivity contribution in [2.75, 3.05) is 0 Å². The number of hydrogen-bond donors (Lipinski definition) is 0. The van der Waals surface area contributed by atoms with E-state index in [2.05, 4.69) is 0 Å². The van der Waals surface area contributed by atoms with Crippen LogP contribution in [-0.4, -0.2) is 0 Å². The molecule has 1 radical (unpaired) electrons. The minimum absolute atomic E-state index is 2.15. The summed E-state index contributed by atoms with van der Waals surface area (Å²) < 4.78 is 118. The SMILES string of the molecule is [O]c1c(F)c(F)c(F)c(F)c1-c1c(F)c(F)c(F)c(F)c1F. The van der Waals surface area contributed by atoms with Crippen molar-refractivity contribution in [1.82, 2.24) is 0 Å². The van der Waals surface area contributed by atoms with Gasteiger partial charge in [-0.25, -0.2) is 35.1 Å². The first-order valence-electron chi connectivity index (χ1n) is 5.15. The summed E-state index contributed by atoms with van der Waals surface area (Å²) in [6, 6.07) is 0. The molecule has 0 spiro atoms. The van der Waals surface area contributed by atoms with E-state index in [1.807, 2.05) is 0 Å². The molecule has 2 aromatic carbocycles. The van der Waals surface area contributed by atoms with Crippen LogP contribution in [0.2, 0.25) is 0 Å². The lowest BCUT2D eigenvalue weighted by Gasteiger charge is -2.11. The van der Waals surface area contributed by atoms with Gasteiger partial charge < -0.3 is 0 Å². The molecule has 0 saturated carbocycles. The van der Waals surface area contributed by atoms with E-state index in [0.717, 1.165) is 0 Å². The Morgan fingerprint density at radius 1 is 0.364 bits per heavy atom. The van der Waals surface area contributed by atoms with E-state index in [-0.39, 0.29) is 0 Å². The van der Waals surface area contributed by atoms with Gasteiger partial charge in [0, 0.05) is 0 Å². The fourth-order valence-corrected chi connectivity index (χ4v) is 1.66. The third-order valence-electron chi connectivity index (χ3n) is 2.68. The van der Waals surface area contributed by atoms with Crippen molar-refractivity contribution in [2.24, 2.45) is 0 Å². The molecule has 0 aliphatic heterocycles. The normalized spacial score (nSPS) is 11.1. The van der Waals surface area contributed by atoms with Gasteiger partial charge in [-0.1, -0.05) is 0 Å². The zero-order valence-electron chi connectivity index (χ0n) is 9.81. The van der Waals surface area contributed by atoms with E-state index in [0.29, 0.717) is 0 Å². The molecule has 0 N–H and O–H groups in total. The maximum absolute atomic E-state index is 13.5. The summed E-state index contributed by atoms with van der Waals surface area (Å²) in [6.45, 7) is 0. The summed E-state index contributed by atoms with van der Waals surface area (Å²) in [7, 11) is 0. The van der Waals surface area contributed by atoms with Crippen molar-refractivity contribution >= 4 is 0 Å². The molecule has 2 aromatic rings. The van der Waals surface area contributed by atoms with Gasteiger partial charge in [-0.05, 0) is 0 Å². The number of hydrogen-bond acceptors (Lipinski definition) is 0. The minimum Gasteiger partial charge on any atom is -0.286 e. The second-order valence-electron chi connectivity index (χ2n) is 3.90. The lowest BCUT2D eigenvalue weighted by atomic mass is 10.0. The van der Waals surface area contributed by atoms with Crippen LogP contribution in [0.3, 0.4) is 0 Å². The van der Waals surface area contributed by atoms with Crippen LogP contribution in [-0.2, 0) is 5.11 Å². The summed E-state index contributed by atoms with van der Waals surface area (Å²) in [5.74, 6) is -26.0. The van der Waals surface area contributed by atoms with Gasteiger partial charge in [0.1, 0.15) is 0 Å². The van der Waals surface area contributed by atoms with Gasteiger partial charge in [0.05, 0.1) is 11.1 Å². The lowest BCUT2D eigenvalue weighted by molar-refractivity contribution is 0.306. The second kappa shape index (κ2) is 5.11. The molecule has 0 atom stereocenters. The lowest BCUT2D eigenvalue weighted by Crippen LogP contribution is -2.07. The van der Waals surface area contributed by atoms with E-state index in [1.165, 1.54) is 0 Å². The fourth-order valence-electron chi connectivity index (χ4n) is 1.66. The highest BCUT2D eigenvalue weighted by Gasteiger charge is 2.34. The molecule has 0 aliphatic rings. The number of rotatable bonds is 1. The summed E-state index contributed by atoms with van der Waals surface area (Å²) in [4.78, 5) is 0. The molecule has 0 aromatic heterocycles.